The number of aryl methyl sites for hydroxylation is 2. The van der Waals surface area contributed by atoms with Gasteiger partial charge in [0.2, 0.25) is 0 Å². The Balaban J connectivity index is 0.000000745. The van der Waals surface area contributed by atoms with Gasteiger partial charge in [0, 0.05) is 33.4 Å². The number of rotatable bonds is 3. The van der Waals surface area contributed by atoms with Crippen LogP contribution in [0, 0.1) is 0 Å². The highest BCUT2D eigenvalue weighted by Gasteiger charge is 2.13. The Kier molecular flexibility index (Phi) is 5.98. The fourth-order valence-electron chi connectivity index (χ4n) is 1.99. The summed E-state index contributed by atoms with van der Waals surface area (Å²) in [7, 11) is 3.50. The molecule has 2 aromatic rings. The monoisotopic (exact) mass is 304 g/mol. The number of nitrogens with two attached hydrogens (primary N) is 1. The van der Waals surface area contributed by atoms with Crippen molar-refractivity contribution in [1.82, 2.24) is 9.13 Å². The number of nitrogens with one attached hydrogen (secondary N) is 1. The van der Waals surface area contributed by atoms with Gasteiger partial charge in [-0.25, -0.2) is 0 Å². The molecule has 2 aromatic heterocycles. The molecule has 1 amide bonds. The molecule has 0 bridgehead atoms. The Labute approximate surface area is 130 Å². The fraction of sp³-hybridized carbons (Fsp3) is 0.375. The second-order valence-electron chi connectivity index (χ2n) is 5.21. The number of carbonyl (C=O) groups excluding carboxylic acids is 2. The number of ketones is 1. The molecule has 2 heterocycles. The van der Waals surface area contributed by atoms with Crippen LogP contribution in [0.25, 0.3) is 0 Å². The zero-order chi connectivity index (χ0) is 16.9. The maximum atomic E-state index is 12.1. The molecule has 6 nitrogen and oxygen atoms in total. The quantitative estimate of drug-likeness (QED) is 0.855. The van der Waals surface area contributed by atoms with Crippen molar-refractivity contribution in [3.63, 3.8) is 0 Å². The fourth-order valence-corrected chi connectivity index (χ4v) is 1.99. The lowest BCUT2D eigenvalue weighted by Crippen LogP contribution is -2.14. The molecule has 0 aliphatic carbocycles. The van der Waals surface area contributed by atoms with E-state index in [-0.39, 0.29) is 11.7 Å². The molecule has 6 heteroatoms. The maximum absolute atomic E-state index is 12.1. The second-order valence-corrected chi connectivity index (χ2v) is 5.21. The Morgan fingerprint density at radius 1 is 1.09 bits per heavy atom. The van der Waals surface area contributed by atoms with Gasteiger partial charge in [0.1, 0.15) is 5.69 Å². The van der Waals surface area contributed by atoms with Crippen molar-refractivity contribution in [3.05, 3.63) is 35.9 Å². The lowest BCUT2D eigenvalue weighted by molar-refractivity contribution is 0.1000. The number of nitrogens with zero attached hydrogens (tertiary/aromatic N) is 2. The van der Waals surface area contributed by atoms with Crippen LogP contribution in [-0.4, -0.2) is 20.8 Å². The molecular formula is C16H24N4O2. The third-order valence-electron chi connectivity index (χ3n) is 2.88. The predicted octanol–water partition coefficient (Wildman–Crippen LogP) is 2.82. The topological polar surface area (TPSA) is 82.1 Å². The molecule has 0 saturated carbocycles. The van der Waals surface area contributed by atoms with Crippen molar-refractivity contribution in [2.75, 3.05) is 11.1 Å². The number of amides is 1. The minimum Gasteiger partial charge on any atom is -0.397 e. The summed E-state index contributed by atoms with van der Waals surface area (Å²) >= 11 is 0. The standard InChI is InChI=1S/C13H16N4O2.C3H8/c1-8(18)11-5-10(7-17(11)3)15-13(19)12-4-9(14)6-16(12)2;1-3-2/h4-7H,14H2,1-3H3,(H,15,19);3H2,1-2H3. The van der Waals surface area contributed by atoms with E-state index in [4.69, 9.17) is 5.73 Å². The highest BCUT2D eigenvalue weighted by Crippen LogP contribution is 2.16. The van der Waals surface area contributed by atoms with E-state index in [1.807, 2.05) is 0 Å². The number of hydrogen-bond donors (Lipinski definition) is 2. The van der Waals surface area contributed by atoms with Crippen LogP contribution in [0.3, 0.4) is 0 Å². The largest absolute Gasteiger partial charge is 0.397 e. The van der Waals surface area contributed by atoms with Crippen molar-refractivity contribution < 1.29 is 9.59 Å². The minimum atomic E-state index is -0.264. The van der Waals surface area contributed by atoms with E-state index >= 15 is 0 Å². The van der Waals surface area contributed by atoms with Crippen LogP contribution in [0.15, 0.2) is 24.5 Å². The predicted molar refractivity (Wildman–Crippen MR) is 89.2 cm³/mol. The Morgan fingerprint density at radius 3 is 2.05 bits per heavy atom. The van der Waals surface area contributed by atoms with Crippen molar-refractivity contribution in [2.24, 2.45) is 14.1 Å². The number of nitrogen functional groups attached to an aromatic ring is 1. The second kappa shape index (κ2) is 7.49. The third-order valence-corrected chi connectivity index (χ3v) is 2.88. The third kappa shape index (κ3) is 4.25. The molecule has 0 saturated heterocycles. The van der Waals surface area contributed by atoms with Crippen molar-refractivity contribution in [3.8, 4) is 0 Å². The normalized spacial score (nSPS) is 9.86. The molecule has 2 rings (SSSR count). The number of hydrogen-bond acceptors (Lipinski definition) is 3. The molecule has 3 N–H and O–H groups in total. The summed E-state index contributed by atoms with van der Waals surface area (Å²) in [5, 5.41) is 2.74. The van der Waals surface area contributed by atoms with E-state index in [9.17, 15) is 9.59 Å². The number of carbonyl (C=O) groups is 2. The first-order valence-corrected chi connectivity index (χ1v) is 7.20. The highest BCUT2D eigenvalue weighted by atomic mass is 16.2. The Bertz CT molecular complexity index is 668. The first-order valence-electron chi connectivity index (χ1n) is 7.20. The zero-order valence-electron chi connectivity index (χ0n) is 13.8. The Hall–Kier alpha value is -2.50. The molecular weight excluding hydrogens is 280 g/mol. The lowest BCUT2D eigenvalue weighted by Gasteiger charge is -2.03. The van der Waals surface area contributed by atoms with Gasteiger partial charge in [0.15, 0.2) is 5.78 Å². The summed E-state index contributed by atoms with van der Waals surface area (Å²) in [5.74, 6) is -0.314. The summed E-state index contributed by atoms with van der Waals surface area (Å²) in [5.41, 5.74) is 7.75. The molecule has 120 valence electrons. The van der Waals surface area contributed by atoms with Crippen molar-refractivity contribution in [2.45, 2.75) is 27.2 Å². The highest BCUT2D eigenvalue weighted by molar-refractivity contribution is 6.04. The van der Waals surface area contributed by atoms with Crippen LogP contribution in [0.2, 0.25) is 0 Å². The summed E-state index contributed by atoms with van der Waals surface area (Å²) < 4.78 is 3.33. The van der Waals surface area contributed by atoms with Crippen molar-refractivity contribution >= 4 is 23.1 Å². The summed E-state index contributed by atoms with van der Waals surface area (Å²) in [6.45, 7) is 5.73. The molecule has 0 atom stereocenters. The number of anilines is 2. The van der Waals surface area contributed by atoms with Crippen LogP contribution < -0.4 is 11.1 Å². The van der Waals surface area contributed by atoms with Gasteiger partial charge in [-0.05, 0) is 12.1 Å². The molecule has 0 aliphatic heterocycles. The SMILES string of the molecule is CC(=O)c1cc(NC(=O)c2cc(N)cn2C)cn1C.CCC. The molecule has 0 unspecified atom stereocenters. The average Bonchev–Trinajstić information content (AvgIpc) is 2.93. The van der Waals surface area contributed by atoms with Gasteiger partial charge in [-0.15, -0.1) is 0 Å². The van der Waals surface area contributed by atoms with Gasteiger partial charge in [-0.3, -0.25) is 9.59 Å². The first kappa shape index (κ1) is 17.6. The van der Waals surface area contributed by atoms with Crippen LogP contribution in [0.4, 0.5) is 11.4 Å². The van der Waals surface area contributed by atoms with Crippen LogP contribution >= 0.6 is 0 Å². The molecule has 0 spiro atoms. The van der Waals surface area contributed by atoms with Gasteiger partial charge in [0.25, 0.3) is 5.91 Å². The smallest absolute Gasteiger partial charge is 0.272 e. The van der Waals surface area contributed by atoms with Gasteiger partial charge < -0.3 is 20.2 Å². The van der Waals surface area contributed by atoms with Crippen LogP contribution in [0.1, 0.15) is 48.2 Å². The van der Waals surface area contributed by atoms with E-state index in [2.05, 4.69) is 19.2 Å². The molecule has 0 radical (unpaired) electrons. The van der Waals surface area contributed by atoms with Crippen LogP contribution in [0.5, 0.6) is 0 Å². The molecule has 0 aliphatic rings. The Morgan fingerprint density at radius 2 is 1.64 bits per heavy atom. The van der Waals surface area contributed by atoms with E-state index < -0.39 is 0 Å². The summed E-state index contributed by atoms with van der Waals surface area (Å²) in [4.78, 5) is 23.4. The minimum absolute atomic E-state index is 0.0499. The van der Waals surface area contributed by atoms with Gasteiger partial charge >= 0.3 is 0 Å². The number of Topliss-reactive ketones (excluding diaryl/α,β-unsaturated/α-hetero) is 1. The van der Waals surface area contributed by atoms with E-state index in [1.54, 1.807) is 47.8 Å². The van der Waals surface area contributed by atoms with E-state index in [1.165, 1.54) is 13.3 Å². The first-order chi connectivity index (χ1) is 10.3. The lowest BCUT2D eigenvalue weighted by atomic mass is 10.3. The maximum Gasteiger partial charge on any atom is 0.272 e. The van der Waals surface area contributed by atoms with Gasteiger partial charge in [0.05, 0.1) is 17.1 Å². The van der Waals surface area contributed by atoms with Gasteiger partial charge in [-0.1, -0.05) is 20.3 Å². The van der Waals surface area contributed by atoms with Gasteiger partial charge in [-0.2, -0.15) is 0 Å². The van der Waals surface area contributed by atoms with Crippen LogP contribution in [-0.2, 0) is 14.1 Å². The number of aromatic nitrogens is 2. The average molecular weight is 304 g/mol. The van der Waals surface area contributed by atoms with E-state index in [0.717, 1.165) is 0 Å². The zero-order valence-corrected chi connectivity index (χ0v) is 13.8. The molecule has 22 heavy (non-hydrogen) atoms. The van der Waals surface area contributed by atoms with Crippen molar-refractivity contribution in [1.29, 1.82) is 0 Å². The summed E-state index contributed by atoms with van der Waals surface area (Å²) in [6.07, 6.45) is 4.61. The van der Waals surface area contributed by atoms with E-state index in [0.29, 0.717) is 22.8 Å². The molecule has 0 aromatic carbocycles. The molecule has 0 fully saturated rings. The summed E-state index contributed by atoms with van der Waals surface area (Å²) in [6, 6.07) is 3.25.